The first-order valence-corrected chi connectivity index (χ1v) is 8.92. The normalized spacial score (nSPS) is 12.3. The van der Waals surface area contributed by atoms with Crippen LogP contribution < -0.4 is 0 Å². The number of benzene rings is 1. The van der Waals surface area contributed by atoms with Crippen LogP contribution in [0.4, 0.5) is 0 Å². The van der Waals surface area contributed by atoms with Crippen molar-refractivity contribution in [2.45, 2.75) is 44.9 Å². The van der Waals surface area contributed by atoms with Crippen LogP contribution in [0.3, 0.4) is 0 Å². The Labute approximate surface area is 140 Å². The summed E-state index contributed by atoms with van der Waals surface area (Å²) >= 11 is 1.70. The summed E-state index contributed by atoms with van der Waals surface area (Å²) in [5.74, 6) is 0.955. The third-order valence-corrected chi connectivity index (χ3v) is 4.83. The Hall–Kier alpha value is -1.73. The van der Waals surface area contributed by atoms with E-state index in [0.717, 1.165) is 34.0 Å². The third kappa shape index (κ3) is 3.30. The first-order valence-electron chi connectivity index (χ1n) is 7.93. The molecule has 3 rings (SSSR count). The predicted molar refractivity (Wildman–Crippen MR) is 93.8 cm³/mol. The highest BCUT2D eigenvalue weighted by molar-refractivity contribution is 7.99. The molecule has 1 aromatic carbocycles. The lowest BCUT2D eigenvalue weighted by molar-refractivity contribution is 0.187. The highest BCUT2D eigenvalue weighted by atomic mass is 32.2. The summed E-state index contributed by atoms with van der Waals surface area (Å²) in [5, 5.41) is 13.9. The average molecular weight is 330 g/mol. The third-order valence-electron chi connectivity index (χ3n) is 3.92. The Kier molecular flexibility index (Phi) is 4.77. The van der Waals surface area contributed by atoms with Crippen molar-refractivity contribution in [3.63, 3.8) is 0 Å². The van der Waals surface area contributed by atoms with E-state index in [1.54, 1.807) is 16.3 Å². The van der Waals surface area contributed by atoms with Gasteiger partial charge in [-0.25, -0.2) is 4.98 Å². The van der Waals surface area contributed by atoms with E-state index < -0.39 is 0 Å². The second-order valence-electron chi connectivity index (χ2n) is 6.10. The second kappa shape index (κ2) is 6.80. The zero-order chi connectivity index (χ0) is 16.4. The molecule has 0 radical (unpaired) electrons. The lowest BCUT2D eigenvalue weighted by Crippen LogP contribution is -2.38. The largest absolute Gasteiger partial charge is 0.298 e. The Morgan fingerprint density at radius 3 is 2.61 bits per heavy atom. The smallest absolute Gasteiger partial charge is 0.193 e. The zero-order valence-electron chi connectivity index (χ0n) is 14.0. The van der Waals surface area contributed by atoms with Crippen LogP contribution in [0.5, 0.6) is 0 Å². The number of hydrogen-bond acceptors (Lipinski definition) is 6. The van der Waals surface area contributed by atoms with Crippen LogP contribution >= 0.6 is 11.8 Å². The highest BCUT2D eigenvalue weighted by Gasteiger charge is 2.15. The SMILES string of the molecule is CC(C)N(CCSc1nc2ccccc2c2nnnn12)C(C)C. The highest BCUT2D eigenvalue weighted by Crippen LogP contribution is 2.23. The van der Waals surface area contributed by atoms with Gasteiger partial charge < -0.3 is 0 Å². The number of fused-ring (bicyclic) bond motifs is 3. The zero-order valence-corrected chi connectivity index (χ0v) is 14.8. The molecular weight excluding hydrogens is 308 g/mol. The molecule has 0 spiro atoms. The molecule has 0 unspecified atom stereocenters. The summed E-state index contributed by atoms with van der Waals surface area (Å²) in [6.07, 6.45) is 0. The Morgan fingerprint density at radius 1 is 1.13 bits per heavy atom. The minimum absolute atomic E-state index is 0.535. The molecule has 2 heterocycles. The molecule has 0 fully saturated rings. The molecular formula is C16H22N6S. The monoisotopic (exact) mass is 330 g/mol. The van der Waals surface area contributed by atoms with E-state index in [4.69, 9.17) is 4.98 Å². The molecule has 0 amide bonds. The van der Waals surface area contributed by atoms with Crippen LogP contribution in [0.2, 0.25) is 0 Å². The van der Waals surface area contributed by atoms with Gasteiger partial charge in [0, 0.05) is 29.8 Å². The number of hydrogen-bond donors (Lipinski definition) is 0. The summed E-state index contributed by atoms with van der Waals surface area (Å²) < 4.78 is 1.74. The van der Waals surface area contributed by atoms with Gasteiger partial charge in [0.25, 0.3) is 0 Å². The van der Waals surface area contributed by atoms with Crippen molar-refractivity contribution in [3.8, 4) is 0 Å². The fourth-order valence-electron chi connectivity index (χ4n) is 2.84. The predicted octanol–water partition coefficient (Wildman–Crippen LogP) is 2.88. The van der Waals surface area contributed by atoms with Crippen molar-refractivity contribution < 1.29 is 0 Å². The van der Waals surface area contributed by atoms with Gasteiger partial charge in [0.2, 0.25) is 0 Å². The van der Waals surface area contributed by atoms with Crippen LogP contribution in [-0.4, -0.2) is 54.3 Å². The average Bonchev–Trinajstić information content (AvgIpc) is 3.00. The molecule has 0 aliphatic rings. The van der Waals surface area contributed by atoms with Gasteiger partial charge in [-0.2, -0.15) is 4.52 Å². The van der Waals surface area contributed by atoms with E-state index in [1.807, 2.05) is 24.3 Å². The van der Waals surface area contributed by atoms with Gasteiger partial charge >= 0.3 is 0 Å². The van der Waals surface area contributed by atoms with Crippen LogP contribution in [0.1, 0.15) is 27.7 Å². The van der Waals surface area contributed by atoms with Gasteiger partial charge in [0.1, 0.15) is 0 Å². The summed E-state index contributed by atoms with van der Waals surface area (Å²) in [7, 11) is 0. The molecule has 6 nitrogen and oxygen atoms in total. The number of nitrogens with zero attached hydrogens (tertiary/aromatic N) is 6. The Morgan fingerprint density at radius 2 is 1.87 bits per heavy atom. The van der Waals surface area contributed by atoms with Crippen molar-refractivity contribution in [2.75, 3.05) is 12.3 Å². The number of para-hydroxylation sites is 1. The molecule has 0 saturated heterocycles. The molecule has 122 valence electrons. The molecule has 2 aromatic heterocycles. The quantitative estimate of drug-likeness (QED) is 0.512. The van der Waals surface area contributed by atoms with Crippen molar-refractivity contribution in [3.05, 3.63) is 24.3 Å². The van der Waals surface area contributed by atoms with Gasteiger partial charge in [-0.1, -0.05) is 23.9 Å². The van der Waals surface area contributed by atoms with E-state index in [1.165, 1.54) is 0 Å². The van der Waals surface area contributed by atoms with Crippen molar-refractivity contribution >= 4 is 28.3 Å². The van der Waals surface area contributed by atoms with E-state index in [0.29, 0.717) is 12.1 Å². The van der Waals surface area contributed by atoms with Crippen LogP contribution in [-0.2, 0) is 0 Å². The maximum absolute atomic E-state index is 4.73. The van der Waals surface area contributed by atoms with Crippen LogP contribution in [0, 0.1) is 0 Å². The van der Waals surface area contributed by atoms with Crippen LogP contribution in [0.15, 0.2) is 29.4 Å². The Bertz CT molecular complexity index is 789. The molecule has 0 aliphatic heterocycles. The molecule has 7 heteroatoms. The first kappa shape index (κ1) is 16.1. The lowest BCUT2D eigenvalue weighted by atomic mass is 10.2. The van der Waals surface area contributed by atoms with Gasteiger partial charge in [-0.15, -0.1) is 5.10 Å². The van der Waals surface area contributed by atoms with Gasteiger partial charge in [0.15, 0.2) is 10.8 Å². The van der Waals surface area contributed by atoms with Crippen molar-refractivity contribution in [1.82, 2.24) is 29.9 Å². The summed E-state index contributed by atoms with van der Waals surface area (Å²) in [4.78, 5) is 7.20. The summed E-state index contributed by atoms with van der Waals surface area (Å²) in [6.45, 7) is 9.95. The number of rotatable bonds is 6. The molecule has 3 aromatic rings. The topological polar surface area (TPSA) is 59.2 Å². The van der Waals surface area contributed by atoms with Crippen molar-refractivity contribution in [1.29, 1.82) is 0 Å². The van der Waals surface area contributed by atoms with E-state index in [9.17, 15) is 0 Å². The Balaban J connectivity index is 1.83. The maximum Gasteiger partial charge on any atom is 0.193 e. The minimum atomic E-state index is 0.535. The molecule has 23 heavy (non-hydrogen) atoms. The molecule has 0 atom stereocenters. The first-order chi connectivity index (χ1) is 11.1. The minimum Gasteiger partial charge on any atom is -0.298 e. The molecule has 0 aliphatic carbocycles. The fraction of sp³-hybridized carbons (Fsp3) is 0.500. The molecule has 0 bridgehead atoms. The van der Waals surface area contributed by atoms with E-state index in [-0.39, 0.29) is 0 Å². The van der Waals surface area contributed by atoms with Crippen LogP contribution in [0.25, 0.3) is 16.6 Å². The standard InChI is InChI=1S/C16H22N6S/c1-11(2)21(12(3)4)9-10-23-16-17-14-8-6-5-7-13(14)15-18-19-20-22(15)16/h5-8,11-12H,9-10H2,1-4H3. The number of aromatic nitrogens is 5. The number of thioether (sulfide) groups is 1. The van der Waals surface area contributed by atoms with E-state index in [2.05, 4.69) is 48.1 Å². The van der Waals surface area contributed by atoms with E-state index >= 15 is 0 Å². The second-order valence-corrected chi connectivity index (χ2v) is 7.16. The number of tetrazole rings is 1. The maximum atomic E-state index is 4.73. The van der Waals surface area contributed by atoms with Gasteiger partial charge in [0.05, 0.1) is 5.52 Å². The summed E-state index contributed by atoms with van der Waals surface area (Å²) in [5.41, 5.74) is 1.70. The van der Waals surface area contributed by atoms with Gasteiger partial charge in [-0.3, -0.25) is 4.90 Å². The lowest BCUT2D eigenvalue weighted by Gasteiger charge is -2.30. The molecule has 0 saturated carbocycles. The van der Waals surface area contributed by atoms with Gasteiger partial charge in [-0.05, 0) is 50.3 Å². The summed E-state index contributed by atoms with van der Waals surface area (Å²) in [6, 6.07) is 9.05. The fourth-order valence-corrected chi connectivity index (χ4v) is 3.74. The van der Waals surface area contributed by atoms with Crippen molar-refractivity contribution in [2.24, 2.45) is 0 Å². The molecule has 0 N–H and O–H groups in total.